The second kappa shape index (κ2) is 8.06. The fourth-order valence-electron chi connectivity index (χ4n) is 2.92. The van der Waals surface area contributed by atoms with E-state index in [1.54, 1.807) is 24.5 Å². The lowest BCUT2D eigenvalue weighted by Crippen LogP contribution is -2.48. The lowest BCUT2D eigenvalue weighted by molar-refractivity contribution is -0.142. The number of carboxylic acid groups (broad SMARTS) is 1. The van der Waals surface area contributed by atoms with Crippen LogP contribution in [-0.4, -0.2) is 52.0 Å². The van der Waals surface area contributed by atoms with Crippen LogP contribution in [0.3, 0.4) is 0 Å². The molecule has 1 aromatic rings. The van der Waals surface area contributed by atoms with Crippen LogP contribution in [0.2, 0.25) is 0 Å². The molecule has 126 valence electrons. The van der Waals surface area contributed by atoms with Crippen molar-refractivity contribution in [3.63, 3.8) is 0 Å². The maximum absolute atomic E-state index is 12.4. The van der Waals surface area contributed by atoms with Crippen LogP contribution in [0, 0.1) is 5.92 Å². The van der Waals surface area contributed by atoms with Crippen molar-refractivity contribution >= 4 is 11.9 Å². The minimum absolute atomic E-state index is 0.0932. The van der Waals surface area contributed by atoms with Gasteiger partial charge in [0.2, 0.25) is 5.91 Å². The van der Waals surface area contributed by atoms with Crippen molar-refractivity contribution in [1.29, 1.82) is 0 Å². The van der Waals surface area contributed by atoms with Crippen LogP contribution in [0.4, 0.5) is 0 Å². The zero-order valence-corrected chi connectivity index (χ0v) is 13.7. The quantitative estimate of drug-likeness (QED) is 0.826. The van der Waals surface area contributed by atoms with Gasteiger partial charge >= 0.3 is 5.97 Å². The molecule has 0 bridgehead atoms. The summed E-state index contributed by atoms with van der Waals surface area (Å²) in [6, 6.07) is 3.12. The molecule has 2 heterocycles. The summed E-state index contributed by atoms with van der Waals surface area (Å²) in [5, 5.41) is 12.1. The SMILES string of the molecule is CC(C)N1CCC(C(=O)N[C@@H](Cc2ccncc2)C(=O)O)CC1. The normalized spacial score (nSPS) is 17.9. The summed E-state index contributed by atoms with van der Waals surface area (Å²) in [5.74, 6) is -1.24. The highest BCUT2D eigenvalue weighted by Crippen LogP contribution is 2.19. The average molecular weight is 319 g/mol. The van der Waals surface area contributed by atoms with Gasteiger partial charge in [-0.2, -0.15) is 0 Å². The Balaban J connectivity index is 1.90. The van der Waals surface area contributed by atoms with Gasteiger partial charge in [-0.1, -0.05) is 0 Å². The Morgan fingerprint density at radius 3 is 2.43 bits per heavy atom. The fraction of sp³-hybridized carbons (Fsp3) is 0.588. The highest BCUT2D eigenvalue weighted by atomic mass is 16.4. The highest BCUT2D eigenvalue weighted by molar-refractivity contribution is 5.85. The number of hydrogen-bond acceptors (Lipinski definition) is 4. The molecule has 1 aliphatic rings. The molecule has 1 amide bonds. The number of carbonyl (C=O) groups is 2. The summed E-state index contributed by atoms with van der Waals surface area (Å²) in [6.07, 6.45) is 5.08. The van der Waals surface area contributed by atoms with E-state index in [-0.39, 0.29) is 18.2 Å². The van der Waals surface area contributed by atoms with Crippen molar-refractivity contribution in [2.24, 2.45) is 5.92 Å². The van der Waals surface area contributed by atoms with E-state index in [1.807, 2.05) is 0 Å². The minimum Gasteiger partial charge on any atom is -0.480 e. The van der Waals surface area contributed by atoms with E-state index in [9.17, 15) is 14.7 Å². The molecule has 1 saturated heterocycles. The molecular formula is C17H25N3O3. The van der Waals surface area contributed by atoms with E-state index in [1.165, 1.54) is 0 Å². The molecule has 0 aliphatic carbocycles. The van der Waals surface area contributed by atoms with Gasteiger partial charge in [0.25, 0.3) is 0 Å². The van der Waals surface area contributed by atoms with Gasteiger partial charge in [-0.05, 0) is 57.5 Å². The number of likely N-dealkylation sites (tertiary alicyclic amines) is 1. The van der Waals surface area contributed by atoms with Gasteiger partial charge in [-0.15, -0.1) is 0 Å². The summed E-state index contributed by atoms with van der Waals surface area (Å²) < 4.78 is 0. The van der Waals surface area contributed by atoms with Gasteiger partial charge in [0.05, 0.1) is 0 Å². The zero-order valence-electron chi connectivity index (χ0n) is 13.7. The summed E-state index contributed by atoms with van der Waals surface area (Å²) in [6.45, 7) is 6.07. The Morgan fingerprint density at radius 2 is 1.91 bits per heavy atom. The maximum atomic E-state index is 12.4. The topological polar surface area (TPSA) is 82.5 Å². The van der Waals surface area contributed by atoms with Gasteiger partial charge in [0.1, 0.15) is 6.04 Å². The molecule has 6 nitrogen and oxygen atoms in total. The number of aromatic nitrogens is 1. The van der Waals surface area contributed by atoms with Crippen LogP contribution in [0.15, 0.2) is 24.5 Å². The van der Waals surface area contributed by atoms with Crippen molar-refractivity contribution in [3.8, 4) is 0 Å². The number of carbonyl (C=O) groups excluding carboxylic acids is 1. The van der Waals surface area contributed by atoms with E-state index in [0.717, 1.165) is 31.5 Å². The predicted octanol–water partition coefficient (Wildman–Crippen LogP) is 1.31. The molecule has 23 heavy (non-hydrogen) atoms. The van der Waals surface area contributed by atoms with Gasteiger partial charge < -0.3 is 15.3 Å². The van der Waals surface area contributed by atoms with Gasteiger partial charge in [0.15, 0.2) is 0 Å². The smallest absolute Gasteiger partial charge is 0.326 e. The van der Waals surface area contributed by atoms with E-state index >= 15 is 0 Å². The lowest BCUT2D eigenvalue weighted by Gasteiger charge is -2.34. The summed E-state index contributed by atoms with van der Waals surface area (Å²) in [4.78, 5) is 30.1. The van der Waals surface area contributed by atoms with Crippen LogP contribution in [-0.2, 0) is 16.0 Å². The molecular weight excluding hydrogens is 294 g/mol. The molecule has 0 aromatic carbocycles. The Morgan fingerprint density at radius 1 is 1.30 bits per heavy atom. The predicted molar refractivity (Wildman–Crippen MR) is 86.9 cm³/mol. The standard InChI is InChI=1S/C17H25N3O3/c1-12(2)20-9-5-14(6-10-20)16(21)19-15(17(22)23)11-13-3-7-18-8-4-13/h3-4,7-8,12,14-15H,5-6,9-11H2,1-2H3,(H,19,21)(H,22,23)/t15-/m0/s1. The second-order valence-corrected chi connectivity index (χ2v) is 6.36. The maximum Gasteiger partial charge on any atom is 0.326 e. The molecule has 2 N–H and O–H groups in total. The van der Waals surface area contributed by atoms with Crippen LogP contribution in [0.1, 0.15) is 32.3 Å². The van der Waals surface area contributed by atoms with Crippen molar-refractivity contribution in [1.82, 2.24) is 15.2 Å². The average Bonchev–Trinajstić information content (AvgIpc) is 2.55. The van der Waals surface area contributed by atoms with Gasteiger partial charge in [-0.25, -0.2) is 4.79 Å². The molecule has 0 radical (unpaired) electrons. The molecule has 1 aromatic heterocycles. The number of piperidine rings is 1. The van der Waals surface area contributed by atoms with Crippen LogP contribution < -0.4 is 5.32 Å². The summed E-state index contributed by atoms with van der Waals surface area (Å²) in [5.41, 5.74) is 0.849. The number of amides is 1. The summed E-state index contributed by atoms with van der Waals surface area (Å²) >= 11 is 0. The third kappa shape index (κ3) is 5.03. The lowest BCUT2D eigenvalue weighted by atomic mass is 9.94. The van der Waals surface area contributed by atoms with Crippen molar-refractivity contribution in [3.05, 3.63) is 30.1 Å². The first-order valence-electron chi connectivity index (χ1n) is 8.13. The van der Waals surface area contributed by atoms with Gasteiger partial charge in [-0.3, -0.25) is 9.78 Å². The number of rotatable bonds is 6. The highest BCUT2D eigenvalue weighted by Gasteiger charge is 2.29. The van der Waals surface area contributed by atoms with Crippen molar-refractivity contribution in [2.75, 3.05) is 13.1 Å². The van der Waals surface area contributed by atoms with Crippen LogP contribution >= 0.6 is 0 Å². The third-order valence-corrected chi connectivity index (χ3v) is 4.43. The molecule has 1 aliphatic heterocycles. The van der Waals surface area contributed by atoms with E-state index in [4.69, 9.17) is 0 Å². The number of carboxylic acids is 1. The minimum atomic E-state index is -1.00. The molecule has 1 atom stereocenters. The molecule has 0 unspecified atom stereocenters. The van der Waals surface area contributed by atoms with Gasteiger partial charge in [0, 0.05) is 30.8 Å². The van der Waals surface area contributed by atoms with Crippen LogP contribution in [0.25, 0.3) is 0 Å². The Bertz CT molecular complexity index is 525. The number of aliphatic carboxylic acids is 1. The third-order valence-electron chi connectivity index (χ3n) is 4.43. The number of hydrogen-bond donors (Lipinski definition) is 2. The molecule has 0 spiro atoms. The molecule has 1 fully saturated rings. The molecule has 2 rings (SSSR count). The van der Waals surface area contributed by atoms with E-state index in [2.05, 4.69) is 29.0 Å². The molecule has 0 saturated carbocycles. The first-order chi connectivity index (χ1) is 11.0. The number of nitrogens with zero attached hydrogens (tertiary/aromatic N) is 2. The first-order valence-corrected chi connectivity index (χ1v) is 8.13. The van der Waals surface area contributed by atoms with Crippen LogP contribution in [0.5, 0.6) is 0 Å². The Labute approximate surface area is 136 Å². The Hall–Kier alpha value is -1.95. The van der Waals surface area contributed by atoms with E-state index in [0.29, 0.717) is 6.04 Å². The monoisotopic (exact) mass is 319 g/mol. The number of pyridine rings is 1. The second-order valence-electron chi connectivity index (χ2n) is 6.36. The van der Waals surface area contributed by atoms with Crippen molar-refractivity contribution < 1.29 is 14.7 Å². The molecule has 6 heteroatoms. The van der Waals surface area contributed by atoms with Crippen molar-refractivity contribution in [2.45, 2.75) is 45.2 Å². The first kappa shape index (κ1) is 17.4. The van der Waals surface area contributed by atoms with E-state index < -0.39 is 12.0 Å². The number of nitrogens with one attached hydrogen (secondary N) is 1. The fourth-order valence-corrected chi connectivity index (χ4v) is 2.92. The summed E-state index contributed by atoms with van der Waals surface area (Å²) in [7, 11) is 0. The zero-order chi connectivity index (χ0) is 16.8. The largest absolute Gasteiger partial charge is 0.480 e. The Kier molecular flexibility index (Phi) is 6.10.